The van der Waals surface area contributed by atoms with Crippen molar-refractivity contribution >= 4 is 5.97 Å². The molecule has 5 atom stereocenters. The van der Waals surface area contributed by atoms with Crippen LogP contribution in [0.15, 0.2) is 0 Å². The summed E-state index contributed by atoms with van der Waals surface area (Å²) < 4.78 is 113. The van der Waals surface area contributed by atoms with Crippen LogP contribution in [-0.2, 0) is 9.53 Å². The summed E-state index contributed by atoms with van der Waals surface area (Å²) >= 11 is 0. The minimum atomic E-state index is -5.07. The molecule has 3 nitrogen and oxygen atoms in total. The summed E-state index contributed by atoms with van der Waals surface area (Å²) in [6.45, 7) is 2.50. The molecule has 5 unspecified atom stereocenters. The van der Waals surface area contributed by atoms with E-state index in [1.165, 1.54) is 6.92 Å². The molecule has 0 saturated heterocycles. The largest absolute Gasteiger partial charge is 0.462 e. The van der Waals surface area contributed by atoms with Gasteiger partial charge in [0.2, 0.25) is 5.67 Å². The summed E-state index contributed by atoms with van der Waals surface area (Å²) in [4.78, 5) is 12.0. The summed E-state index contributed by atoms with van der Waals surface area (Å²) in [6.07, 6.45) is -9.77. The van der Waals surface area contributed by atoms with Crippen LogP contribution >= 0.6 is 0 Å². The van der Waals surface area contributed by atoms with Crippen LogP contribution in [0.3, 0.4) is 0 Å². The number of hydrogen-bond acceptors (Lipinski definition) is 3. The molecule has 0 amide bonds. The Morgan fingerprint density at radius 3 is 2.07 bits per heavy atom. The van der Waals surface area contributed by atoms with Crippen LogP contribution in [0.4, 0.5) is 35.1 Å². The number of hydrogen-bond donors (Lipinski definition) is 1. The van der Waals surface area contributed by atoms with Gasteiger partial charge in [-0.05, 0) is 32.6 Å². The topological polar surface area (TPSA) is 46.5 Å². The summed E-state index contributed by atoms with van der Waals surface area (Å²) in [6, 6.07) is 0. The van der Waals surface area contributed by atoms with Crippen molar-refractivity contribution in [1.82, 2.24) is 0 Å². The first-order valence-electron chi connectivity index (χ1n) is 8.20. The lowest BCUT2D eigenvalue weighted by Crippen LogP contribution is -2.64. The first-order valence-corrected chi connectivity index (χ1v) is 8.20. The molecule has 11 heteroatoms. The van der Waals surface area contributed by atoms with Gasteiger partial charge in [-0.15, -0.1) is 0 Å². The van der Waals surface area contributed by atoms with Crippen molar-refractivity contribution in [2.24, 2.45) is 11.8 Å². The van der Waals surface area contributed by atoms with Gasteiger partial charge in [0, 0.05) is 13.3 Å². The van der Waals surface area contributed by atoms with Crippen molar-refractivity contribution in [2.45, 2.75) is 82.4 Å². The zero-order valence-electron chi connectivity index (χ0n) is 15.1. The van der Waals surface area contributed by atoms with E-state index in [9.17, 15) is 45.0 Å². The van der Waals surface area contributed by atoms with Gasteiger partial charge in [0.1, 0.15) is 12.0 Å². The first kappa shape index (κ1) is 23.9. The molecule has 160 valence electrons. The van der Waals surface area contributed by atoms with Gasteiger partial charge < -0.3 is 9.84 Å². The molecule has 1 saturated carbocycles. The molecule has 0 aromatic heterocycles. The molecule has 1 aliphatic rings. The quantitative estimate of drug-likeness (QED) is 0.526. The molecule has 0 aromatic rings. The van der Waals surface area contributed by atoms with E-state index in [2.05, 4.69) is 4.74 Å². The van der Waals surface area contributed by atoms with Crippen molar-refractivity contribution in [3.8, 4) is 0 Å². The monoisotopic (exact) mass is 414 g/mol. The highest BCUT2D eigenvalue weighted by Gasteiger charge is 2.73. The van der Waals surface area contributed by atoms with E-state index in [1.807, 2.05) is 0 Å². The smallest absolute Gasteiger partial charge is 0.417 e. The second kappa shape index (κ2) is 7.04. The van der Waals surface area contributed by atoms with Gasteiger partial charge in [0.15, 0.2) is 5.60 Å². The van der Waals surface area contributed by atoms with Gasteiger partial charge in [-0.1, -0.05) is 6.92 Å². The fourth-order valence-electron chi connectivity index (χ4n) is 3.24. The van der Waals surface area contributed by atoms with Crippen LogP contribution in [0.2, 0.25) is 0 Å². The maximum atomic E-state index is 14.6. The fraction of sp³-hybridized carbons (Fsp3) is 0.938. The zero-order chi connectivity index (χ0) is 21.6. The molecule has 1 rings (SSSR count). The van der Waals surface area contributed by atoms with Crippen LogP contribution < -0.4 is 0 Å². The van der Waals surface area contributed by atoms with Crippen molar-refractivity contribution in [1.29, 1.82) is 0 Å². The molecule has 0 radical (unpaired) electrons. The third kappa shape index (κ3) is 4.48. The number of carbonyl (C=O) groups excluding carboxylic acids is 1. The van der Waals surface area contributed by atoms with Gasteiger partial charge in [-0.25, -0.2) is 22.0 Å². The summed E-state index contributed by atoms with van der Waals surface area (Å²) in [7, 11) is 0. The van der Waals surface area contributed by atoms with E-state index >= 15 is 0 Å². The average Bonchev–Trinajstić information content (AvgIpc) is 2.39. The zero-order valence-corrected chi connectivity index (χ0v) is 15.1. The standard InChI is InChI=1S/C16H22F8O3/c1-8-5-10(15(20,21)14(19,6-8)13(4,17)18)11(25)27-9(2)7-12(3,26)16(22,23)24/h8-10,26H,5-7H2,1-4H3. The van der Waals surface area contributed by atoms with E-state index in [0.717, 1.165) is 6.92 Å². The lowest BCUT2D eigenvalue weighted by atomic mass is 9.68. The molecule has 27 heavy (non-hydrogen) atoms. The number of carbonyl (C=O) groups is 1. The van der Waals surface area contributed by atoms with E-state index in [-0.39, 0.29) is 6.92 Å². The van der Waals surface area contributed by atoms with Crippen LogP contribution in [0.1, 0.15) is 47.0 Å². The van der Waals surface area contributed by atoms with Crippen LogP contribution in [0.25, 0.3) is 0 Å². The van der Waals surface area contributed by atoms with Crippen molar-refractivity contribution in [2.75, 3.05) is 0 Å². The Morgan fingerprint density at radius 1 is 1.19 bits per heavy atom. The lowest BCUT2D eigenvalue weighted by molar-refractivity contribution is -0.284. The van der Waals surface area contributed by atoms with Gasteiger partial charge in [0.25, 0.3) is 5.92 Å². The van der Waals surface area contributed by atoms with Crippen molar-refractivity contribution < 1.29 is 49.8 Å². The third-order valence-electron chi connectivity index (χ3n) is 4.83. The molecular weight excluding hydrogens is 392 g/mol. The molecule has 0 aromatic carbocycles. The second-order valence-electron chi connectivity index (χ2n) is 7.63. The highest BCUT2D eigenvalue weighted by Crippen LogP contribution is 2.56. The Morgan fingerprint density at radius 2 is 1.67 bits per heavy atom. The van der Waals surface area contributed by atoms with Gasteiger partial charge in [-0.3, -0.25) is 4.79 Å². The maximum Gasteiger partial charge on any atom is 0.417 e. The minimum Gasteiger partial charge on any atom is -0.462 e. The van der Waals surface area contributed by atoms with E-state index in [0.29, 0.717) is 6.92 Å². The predicted molar refractivity (Wildman–Crippen MR) is 78.1 cm³/mol. The third-order valence-corrected chi connectivity index (χ3v) is 4.83. The van der Waals surface area contributed by atoms with Crippen molar-refractivity contribution in [3.05, 3.63) is 0 Å². The Labute approximate surface area is 151 Å². The van der Waals surface area contributed by atoms with Gasteiger partial charge in [-0.2, -0.15) is 13.2 Å². The molecule has 1 fully saturated rings. The van der Waals surface area contributed by atoms with E-state index in [4.69, 9.17) is 0 Å². The maximum absolute atomic E-state index is 14.6. The minimum absolute atomic E-state index is 0.0233. The number of esters is 1. The Kier molecular flexibility index (Phi) is 6.23. The Bertz CT molecular complexity index is 555. The number of ether oxygens (including phenoxy) is 1. The molecule has 0 aliphatic heterocycles. The summed E-state index contributed by atoms with van der Waals surface area (Å²) in [5, 5.41) is 9.36. The normalized spacial score (nSPS) is 32.5. The fourth-order valence-corrected chi connectivity index (χ4v) is 3.24. The second-order valence-corrected chi connectivity index (χ2v) is 7.63. The predicted octanol–water partition coefficient (Wildman–Crippen LogP) is 4.67. The summed E-state index contributed by atoms with van der Waals surface area (Å²) in [5.41, 5.74) is -7.57. The Balaban J connectivity index is 3.02. The molecule has 0 spiro atoms. The average molecular weight is 414 g/mol. The van der Waals surface area contributed by atoms with E-state index < -0.39 is 72.5 Å². The van der Waals surface area contributed by atoms with Gasteiger partial charge >= 0.3 is 18.1 Å². The lowest BCUT2D eigenvalue weighted by Gasteiger charge is -2.46. The number of alkyl halides is 8. The van der Waals surface area contributed by atoms with Gasteiger partial charge in [0.05, 0.1) is 0 Å². The SMILES string of the molecule is CC1CC(C(=O)OC(C)CC(C)(O)C(F)(F)F)C(F)(F)C(F)(C(C)(F)F)C1. The highest BCUT2D eigenvalue weighted by atomic mass is 19.4. The van der Waals surface area contributed by atoms with E-state index in [1.54, 1.807) is 0 Å². The van der Waals surface area contributed by atoms with Crippen LogP contribution in [0, 0.1) is 11.8 Å². The van der Waals surface area contributed by atoms with Crippen LogP contribution in [0.5, 0.6) is 0 Å². The number of halogens is 8. The number of rotatable bonds is 5. The highest BCUT2D eigenvalue weighted by molar-refractivity contribution is 5.74. The van der Waals surface area contributed by atoms with Crippen LogP contribution in [-0.4, -0.2) is 46.5 Å². The number of aliphatic hydroxyl groups is 1. The molecule has 0 bridgehead atoms. The molecule has 1 aliphatic carbocycles. The summed E-state index contributed by atoms with van der Waals surface area (Å²) in [5.74, 6) is -14.7. The first-order chi connectivity index (χ1) is 11.8. The van der Waals surface area contributed by atoms with Crippen molar-refractivity contribution in [3.63, 3.8) is 0 Å². The molecule has 1 N–H and O–H groups in total. The molecule has 0 heterocycles. The molecular formula is C16H22F8O3. The Hall–Kier alpha value is -1.13.